The molecule has 0 bridgehead atoms. The Morgan fingerprint density at radius 3 is 2.61 bits per heavy atom. The Kier molecular flexibility index (Phi) is 5.70. The van der Waals surface area contributed by atoms with Crippen molar-refractivity contribution in [3.8, 4) is 0 Å². The molecular formula is C21H17ClN2O4. The lowest BCUT2D eigenvalue weighted by atomic mass is 9.97. The Balaban J connectivity index is 1.77. The van der Waals surface area contributed by atoms with Gasteiger partial charge in [0.2, 0.25) is 5.91 Å². The van der Waals surface area contributed by atoms with Crippen molar-refractivity contribution in [2.75, 3.05) is 5.32 Å². The second kappa shape index (κ2) is 8.19. The summed E-state index contributed by atoms with van der Waals surface area (Å²) >= 11 is 6.18. The number of para-hydroxylation sites is 1. The highest BCUT2D eigenvalue weighted by Crippen LogP contribution is 2.33. The van der Waals surface area contributed by atoms with Gasteiger partial charge in [-0.15, -0.1) is 4.91 Å². The van der Waals surface area contributed by atoms with Crippen molar-refractivity contribution in [2.24, 2.45) is 11.1 Å². The first-order valence-electron chi connectivity index (χ1n) is 8.58. The molecule has 142 valence electrons. The Morgan fingerprint density at radius 2 is 1.89 bits per heavy atom. The number of hydrogen-bond donors (Lipinski definition) is 2. The second-order valence-electron chi connectivity index (χ2n) is 6.49. The Bertz CT molecular complexity index is 1080. The van der Waals surface area contributed by atoms with E-state index in [0.29, 0.717) is 11.4 Å². The zero-order valence-corrected chi connectivity index (χ0v) is 15.7. The molecule has 6 nitrogen and oxygen atoms in total. The quantitative estimate of drug-likeness (QED) is 0.544. The van der Waals surface area contributed by atoms with E-state index in [-0.39, 0.29) is 28.8 Å². The third-order valence-electron chi connectivity index (χ3n) is 4.50. The molecule has 3 rings (SSSR count). The van der Waals surface area contributed by atoms with Crippen molar-refractivity contribution in [2.45, 2.75) is 13.3 Å². The predicted molar refractivity (Wildman–Crippen MR) is 109 cm³/mol. The number of nitrogens with one attached hydrogen (secondary N) is 1. The summed E-state index contributed by atoms with van der Waals surface area (Å²) in [6.07, 6.45) is 0.461. The van der Waals surface area contributed by atoms with E-state index < -0.39 is 5.97 Å². The summed E-state index contributed by atoms with van der Waals surface area (Å²) < 4.78 is 0. The van der Waals surface area contributed by atoms with Crippen LogP contribution in [0.15, 0.2) is 59.8 Å². The number of nitrogens with zero attached hydrogens (tertiary/aromatic N) is 1. The maximum Gasteiger partial charge on any atom is 0.337 e. The van der Waals surface area contributed by atoms with E-state index in [4.69, 9.17) is 11.6 Å². The van der Waals surface area contributed by atoms with Crippen molar-refractivity contribution in [1.82, 2.24) is 0 Å². The van der Waals surface area contributed by atoms with Gasteiger partial charge in [0.1, 0.15) is 5.69 Å². The first-order chi connectivity index (χ1) is 13.4. The Hall–Kier alpha value is -3.25. The molecule has 0 saturated carbocycles. The topological polar surface area (TPSA) is 95.8 Å². The summed E-state index contributed by atoms with van der Waals surface area (Å²) in [5, 5.41) is 16.7. The molecule has 3 aromatic carbocycles. The van der Waals surface area contributed by atoms with Gasteiger partial charge in [0.05, 0.1) is 16.3 Å². The number of carboxylic acid groups (broad SMARTS) is 1. The summed E-state index contributed by atoms with van der Waals surface area (Å²) in [6, 6.07) is 15.1. The number of hydrogen-bond acceptors (Lipinski definition) is 4. The highest BCUT2D eigenvalue weighted by Gasteiger charge is 2.17. The second-order valence-corrected chi connectivity index (χ2v) is 6.87. The maximum atomic E-state index is 12.5. The monoisotopic (exact) mass is 396 g/mol. The fourth-order valence-corrected chi connectivity index (χ4v) is 3.28. The third kappa shape index (κ3) is 4.02. The smallest absolute Gasteiger partial charge is 0.337 e. The molecule has 2 N–H and O–H groups in total. The lowest BCUT2D eigenvalue weighted by Gasteiger charge is -2.14. The summed E-state index contributed by atoms with van der Waals surface area (Å²) in [5.41, 5.74) is 1.42. The van der Waals surface area contributed by atoms with Gasteiger partial charge < -0.3 is 10.4 Å². The number of aromatic carboxylic acids is 1. The van der Waals surface area contributed by atoms with Gasteiger partial charge in [-0.3, -0.25) is 4.79 Å². The minimum Gasteiger partial charge on any atom is -0.478 e. The SMILES string of the molecule is CC(Cc1ccc2c(Cl)c(N=O)ccc2c1)C(=O)Nc1ccccc1C(=O)O. The van der Waals surface area contributed by atoms with Crippen LogP contribution in [0.4, 0.5) is 11.4 Å². The standard InChI is InChI=1S/C21H17ClN2O4/c1-12(20(25)23-17-5-3-2-4-16(17)21(26)27)10-13-6-8-15-14(11-13)7-9-18(24-28)19(15)22/h2-9,11-12H,10H2,1H3,(H,23,25)(H,26,27). The van der Waals surface area contributed by atoms with Gasteiger partial charge in [-0.05, 0) is 40.7 Å². The van der Waals surface area contributed by atoms with Crippen LogP contribution >= 0.6 is 11.6 Å². The molecule has 0 aliphatic heterocycles. The fourth-order valence-electron chi connectivity index (χ4n) is 3.01. The van der Waals surface area contributed by atoms with Gasteiger partial charge in [-0.25, -0.2) is 4.79 Å². The van der Waals surface area contributed by atoms with Gasteiger partial charge in [0.25, 0.3) is 0 Å². The fraction of sp³-hybridized carbons (Fsp3) is 0.143. The summed E-state index contributed by atoms with van der Waals surface area (Å²) in [7, 11) is 0. The largest absolute Gasteiger partial charge is 0.478 e. The minimum atomic E-state index is -1.10. The van der Waals surface area contributed by atoms with Crippen molar-refractivity contribution >= 4 is 45.6 Å². The molecule has 0 heterocycles. The molecule has 0 aromatic heterocycles. The van der Waals surface area contributed by atoms with Crippen LogP contribution in [0.5, 0.6) is 0 Å². The van der Waals surface area contributed by atoms with E-state index in [9.17, 15) is 19.6 Å². The van der Waals surface area contributed by atoms with Crippen molar-refractivity contribution in [1.29, 1.82) is 0 Å². The van der Waals surface area contributed by atoms with E-state index in [1.165, 1.54) is 6.07 Å². The molecular weight excluding hydrogens is 380 g/mol. The third-order valence-corrected chi connectivity index (χ3v) is 4.90. The lowest BCUT2D eigenvalue weighted by Crippen LogP contribution is -2.23. The van der Waals surface area contributed by atoms with Crippen LogP contribution in [-0.4, -0.2) is 17.0 Å². The molecule has 1 atom stereocenters. The Morgan fingerprint density at radius 1 is 1.14 bits per heavy atom. The van der Waals surface area contributed by atoms with Crippen LogP contribution in [0.3, 0.4) is 0 Å². The molecule has 1 unspecified atom stereocenters. The van der Waals surface area contributed by atoms with Crippen molar-refractivity contribution in [3.05, 3.63) is 75.7 Å². The van der Waals surface area contributed by atoms with Gasteiger partial charge in [-0.1, -0.05) is 54.9 Å². The molecule has 0 spiro atoms. The number of carbonyl (C=O) groups excluding carboxylic acids is 1. The number of carboxylic acids is 1. The lowest BCUT2D eigenvalue weighted by molar-refractivity contribution is -0.119. The van der Waals surface area contributed by atoms with Crippen molar-refractivity contribution < 1.29 is 14.7 Å². The van der Waals surface area contributed by atoms with Crippen LogP contribution in [-0.2, 0) is 11.2 Å². The van der Waals surface area contributed by atoms with Crippen LogP contribution in [0, 0.1) is 10.8 Å². The van der Waals surface area contributed by atoms with E-state index in [2.05, 4.69) is 10.5 Å². The number of rotatable bonds is 6. The van der Waals surface area contributed by atoms with Gasteiger partial charge >= 0.3 is 5.97 Å². The molecule has 3 aromatic rings. The molecule has 0 radical (unpaired) electrons. The number of amides is 1. The van der Waals surface area contributed by atoms with Crippen LogP contribution in [0.2, 0.25) is 5.02 Å². The Labute approximate surface area is 166 Å². The van der Waals surface area contributed by atoms with Crippen molar-refractivity contribution in [3.63, 3.8) is 0 Å². The van der Waals surface area contributed by atoms with Crippen LogP contribution in [0.1, 0.15) is 22.8 Å². The molecule has 0 aliphatic carbocycles. The first kappa shape index (κ1) is 19.5. The number of halogens is 1. The highest BCUT2D eigenvalue weighted by atomic mass is 35.5. The van der Waals surface area contributed by atoms with Gasteiger partial charge in [0.15, 0.2) is 0 Å². The van der Waals surface area contributed by atoms with Gasteiger partial charge in [0, 0.05) is 11.3 Å². The zero-order valence-electron chi connectivity index (χ0n) is 15.0. The molecule has 7 heteroatoms. The predicted octanol–water partition coefficient (Wildman–Crippen LogP) is 5.41. The van der Waals surface area contributed by atoms with Crippen LogP contribution < -0.4 is 5.32 Å². The number of fused-ring (bicyclic) bond motifs is 1. The summed E-state index contributed by atoms with van der Waals surface area (Å²) in [5.74, 6) is -1.75. The molecule has 1 amide bonds. The van der Waals surface area contributed by atoms with E-state index in [1.54, 1.807) is 43.3 Å². The maximum absolute atomic E-state index is 12.5. The number of nitroso groups, excluding NO2 is 1. The van der Waals surface area contributed by atoms with E-state index in [1.807, 2.05) is 12.1 Å². The number of carbonyl (C=O) groups is 2. The zero-order chi connectivity index (χ0) is 20.3. The highest BCUT2D eigenvalue weighted by molar-refractivity contribution is 6.38. The van der Waals surface area contributed by atoms with Gasteiger partial charge in [-0.2, -0.15) is 0 Å². The summed E-state index contributed by atoms with van der Waals surface area (Å²) in [4.78, 5) is 34.6. The molecule has 0 fully saturated rings. The average Bonchev–Trinajstić information content (AvgIpc) is 2.68. The van der Waals surface area contributed by atoms with E-state index >= 15 is 0 Å². The number of anilines is 1. The molecule has 0 saturated heterocycles. The normalized spacial score (nSPS) is 11.8. The summed E-state index contributed by atoms with van der Waals surface area (Å²) in [6.45, 7) is 1.77. The minimum absolute atomic E-state index is 0.0444. The number of benzene rings is 3. The molecule has 0 aliphatic rings. The average molecular weight is 397 g/mol. The van der Waals surface area contributed by atoms with E-state index in [0.717, 1.165) is 16.3 Å². The first-order valence-corrected chi connectivity index (χ1v) is 8.96. The van der Waals surface area contributed by atoms with Crippen LogP contribution in [0.25, 0.3) is 10.8 Å². The molecule has 28 heavy (non-hydrogen) atoms.